The highest BCUT2D eigenvalue weighted by Crippen LogP contribution is 2.24. The minimum Gasteiger partial charge on any atom is -0.248 e. The van der Waals surface area contributed by atoms with Crippen LogP contribution in [-0.2, 0) is 0 Å². The van der Waals surface area contributed by atoms with Crippen LogP contribution in [0.1, 0.15) is 11.1 Å². The van der Waals surface area contributed by atoms with E-state index < -0.39 is 0 Å². The van der Waals surface area contributed by atoms with Gasteiger partial charge in [0.15, 0.2) is 0 Å². The molecule has 0 amide bonds. The molecule has 3 aromatic rings. The number of hydrogen-bond acceptors (Lipinski definition) is 2. The van der Waals surface area contributed by atoms with E-state index in [2.05, 4.69) is 30.1 Å². The zero-order valence-electron chi connectivity index (χ0n) is 11.0. The van der Waals surface area contributed by atoms with Gasteiger partial charge in [-0.15, -0.1) is 12.4 Å². The maximum atomic E-state index is 8.82. The average molecular weight is 281 g/mol. The fourth-order valence-corrected chi connectivity index (χ4v) is 2.21. The van der Waals surface area contributed by atoms with E-state index in [-0.39, 0.29) is 12.4 Å². The molecule has 0 spiro atoms. The van der Waals surface area contributed by atoms with E-state index in [1.807, 2.05) is 42.5 Å². The second-order valence-corrected chi connectivity index (χ2v) is 4.53. The van der Waals surface area contributed by atoms with Crippen LogP contribution >= 0.6 is 12.4 Å². The maximum absolute atomic E-state index is 8.82. The van der Waals surface area contributed by atoms with Gasteiger partial charge in [0.1, 0.15) is 0 Å². The number of halogens is 1. The minimum absolute atomic E-state index is 0. The summed E-state index contributed by atoms with van der Waals surface area (Å²) >= 11 is 0. The summed E-state index contributed by atoms with van der Waals surface area (Å²) in [6.07, 6.45) is 0. The van der Waals surface area contributed by atoms with Crippen molar-refractivity contribution in [3.05, 3.63) is 65.7 Å². The third-order valence-corrected chi connectivity index (χ3v) is 3.23. The van der Waals surface area contributed by atoms with E-state index in [0.717, 1.165) is 16.8 Å². The highest BCUT2D eigenvalue weighted by atomic mass is 35.5. The van der Waals surface area contributed by atoms with Gasteiger partial charge in [-0.25, -0.2) is 4.98 Å². The maximum Gasteiger partial charge on any atom is 0.0991 e. The number of para-hydroxylation sites is 1. The topological polar surface area (TPSA) is 36.7 Å². The van der Waals surface area contributed by atoms with E-state index in [1.165, 1.54) is 10.9 Å². The van der Waals surface area contributed by atoms with Crippen molar-refractivity contribution in [2.24, 2.45) is 0 Å². The first-order valence-corrected chi connectivity index (χ1v) is 6.15. The number of aromatic nitrogens is 1. The molecule has 0 saturated heterocycles. The lowest BCUT2D eigenvalue weighted by Gasteiger charge is -2.06. The Morgan fingerprint density at radius 3 is 2.40 bits per heavy atom. The molecule has 0 atom stereocenters. The van der Waals surface area contributed by atoms with E-state index >= 15 is 0 Å². The lowest BCUT2D eigenvalue weighted by molar-refractivity contribution is 1.36. The molecule has 20 heavy (non-hydrogen) atoms. The number of hydrogen-bond donors (Lipinski definition) is 0. The Hall–Kier alpha value is -2.37. The van der Waals surface area contributed by atoms with Gasteiger partial charge < -0.3 is 0 Å². The van der Waals surface area contributed by atoms with Gasteiger partial charge in [-0.3, -0.25) is 0 Å². The standard InChI is InChI=1S/C17H12N2.ClH/c1-12-10-17(14-8-6-13(11-18)7-9-14)19-16-5-3-2-4-15(12)16;/h2-10H,1H3;1H. The summed E-state index contributed by atoms with van der Waals surface area (Å²) in [5.74, 6) is 0. The zero-order chi connectivity index (χ0) is 13.2. The predicted molar refractivity (Wildman–Crippen MR) is 83.9 cm³/mol. The number of nitrogens with zero attached hydrogens (tertiary/aromatic N) is 2. The van der Waals surface area contributed by atoms with Gasteiger partial charge in [0, 0.05) is 10.9 Å². The molecule has 0 fully saturated rings. The van der Waals surface area contributed by atoms with Crippen molar-refractivity contribution < 1.29 is 0 Å². The van der Waals surface area contributed by atoms with E-state index in [0.29, 0.717) is 5.56 Å². The lowest BCUT2D eigenvalue weighted by atomic mass is 10.0. The summed E-state index contributed by atoms with van der Waals surface area (Å²) in [4.78, 5) is 4.68. The summed E-state index contributed by atoms with van der Waals surface area (Å²) < 4.78 is 0. The van der Waals surface area contributed by atoms with Crippen LogP contribution in [0.15, 0.2) is 54.6 Å². The first-order valence-electron chi connectivity index (χ1n) is 6.15. The first-order chi connectivity index (χ1) is 9.28. The van der Waals surface area contributed by atoms with Gasteiger partial charge in [0.25, 0.3) is 0 Å². The van der Waals surface area contributed by atoms with E-state index in [9.17, 15) is 0 Å². The first kappa shape index (κ1) is 14.0. The molecular weight excluding hydrogens is 268 g/mol. The van der Waals surface area contributed by atoms with Crippen molar-refractivity contribution in [1.82, 2.24) is 4.98 Å². The van der Waals surface area contributed by atoms with Crippen molar-refractivity contribution in [3.63, 3.8) is 0 Å². The Balaban J connectivity index is 0.00000147. The molecule has 0 radical (unpaired) electrons. The molecule has 2 aromatic carbocycles. The van der Waals surface area contributed by atoms with Gasteiger partial charge in [-0.2, -0.15) is 5.26 Å². The third-order valence-electron chi connectivity index (χ3n) is 3.23. The minimum atomic E-state index is 0. The summed E-state index contributed by atoms with van der Waals surface area (Å²) in [5, 5.41) is 10.00. The van der Waals surface area contributed by atoms with Crippen LogP contribution in [0.5, 0.6) is 0 Å². The normalized spacial score (nSPS) is 9.80. The molecule has 3 rings (SSSR count). The summed E-state index contributed by atoms with van der Waals surface area (Å²) in [7, 11) is 0. The largest absolute Gasteiger partial charge is 0.248 e. The summed E-state index contributed by atoms with van der Waals surface area (Å²) in [5.41, 5.74) is 4.86. The third kappa shape index (κ3) is 2.49. The molecule has 1 aromatic heterocycles. The Kier molecular flexibility index (Phi) is 4.02. The van der Waals surface area contributed by atoms with Crippen molar-refractivity contribution >= 4 is 23.3 Å². The number of benzene rings is 2. The molecule has 0 unspecified atom stereocenters. The van der Waals surface area contributed by atoms with Crippen molar-refractivity contribution in [2.45, 2.75) is 6.92 Å². The van der Waals surface area contributed by atoms with Crippen LogP contribution in [0.2, 0.25) is 0 Å². The molecular formula is C17H13ClN2. The number of nitriles is 1. The molecule has 3 heteroatoms. The van der Waals surface area contributed by atoms with Crippen LogP contribution < -0.4 is 0 Å². The average Bonchev–Trinajstić information content (AvgIpc) is 2.47. The SMILES string of the molecule is Cc1cc(-c2ccc(C#N)cc2)nc2ccccc12.Cl. The summed E-state index contributed by atoms with van der Waals surface area (Å²) in [6, 6.07) is 19.9. The molecule has 1 heterocycles. The van der Waals surface area contributed by atoms with E-state index in [4.69, 9.17) is 5.26 Å². The molecule has 0 aliphatic rings. The Morgan fingerprint density at radius 1 is 1.00 bits per heavy atom. The molecule has 0 N–H and O–H groups in total. The Bertz CT molecular complexity index is 786. The highest BCUT2D eigenvalue weighted by Gasteiger charge is 2.04. The lowest BCUT2D eigenvalue weighted by Crippen LogP contribution is -1.88. The molecule has 0 aliphatic heterocycles. The van der Waals surface area contributed by atoms with Crippen molar-refractivity contribution in [2.75, 3.05) is 0 Å². The van der Waals surface area contributed by atoms with Crippen molar-refractivity contribution in [1.29, 1.82) is 5.26 Å². The number of pyridine rings is 1. The number of aryl methyl sites for hydroxylation is 1. The van der Waals surface area contributed by atoms with Gasteiger partial charge in [-0.1, -0.05) is 30.3 Å². The molecule has 0 aliphatic carbocycles. The highest BCUT2D eigenvalue weighted by molar-refractivity contribution is 5.85. The Labute approximate surface area is 124 Å². The number of fused-ring (bicyclic) bond motifs is 1. The fraction of sp³-hybridized carbons (Fsp3) is 0.0588. The van der Waals surface area contributed by atoms with Crippen LogP contribution in [0.4, 0.5) is 0 Å². The molecule has 98 valence electrons. The van der Waals surface area contributed by atoms with E-state index in [1.54, 1.807) is 0 Å². The quantitative estimate of drug-likeness (QED) is 0.658. The van der Waals surface area contributed by atoms with Crippen LogP contribution in [0.25, 0.3) is 22.2 Å². The second-order valence-electron chi connectivity index (χ2n) is 4.53. The van der Waals surface area contributed by atoms with Crippen molar-refractivity contribution in [3.8, 4) is 17.3 Å². The van der Waals surface area contributed by atoms with Gasteiger partial charge >= 0.3 is 0 Å². The predicted octanol–water partition coefficient (Wildman–Crippen LogP) is 4.50. The van der Waals surface area contributed by atoms with Crippen LogP contribution in [0.3, 0.4) is 0 Å². The smallest absolute Gasteiger partial charge is 0.0991 e. The van der Waals surface area contributed by atoms with Gasteiger partial charge in [-0.05, 0) is 36.8 Å². The van der Waals surface area contributed by atoms with Crippen LogP contribution in [0, 0.1) is 18.3 Å². The van der Waals surface area contributed by atoms with Gasteiger partial charge in [0.2, 0.25) is 0 Å². The van der Waals surface area contributed by atoms with Gasteiger partial charge in [0.05, 0.1) is 22.8 Å². The number of rotatable bonds is 1. The Morgan fingerprint density at radius 2 is 1.70 bits per heavy atom. The summed E-state index contributed by atoms with van der Waals surface area (Å²) in [6.45, 7) is 2.09. The molecule has 0 bridgehead atoms. The van der Waals surface area contributed by atoms with Crippen LogP contribution in [-0.4, -0.2) is 4.98 Å². The molecule has 0 saturated carbocycles. The second kappa shape index (κ2) is 5.73. The fourth-order valence-electron chi connectivity index (χ4n) is 2.21. The monoisotopic (exact) mass is 280 g/mol. The molecule has 2 nitrogen and oxygen atoms in total. The zero-order valence-corrected chi connectivity index (χ0v) is 11.8.